The van der Waals surface area contributed by atoms with Crippen molar-refractivity contribution >= 4 is 6.03 Å². The van der Waals surface area contributed by atoms with Gasteiger partial charge in [-0.15, -0.1) is 0 Å². The lowest BCUT2D eigenvalue weighted by Gasteiger charge is -2.40. The van der Waals surface area contributed by atoms with Crippen LogP contribution in [0.3, 0.4) is 0 Å². The van der Waals surface area contributed by atoms with Gasteiger partial charge >= 0.3 is 6.03 Å². The fourth-order valence-corrected chi connectivity index (χ4v) is 3.90. The van der Waals surface area contributed by atoms with Gasteiger partial charge in [-0.05, 0) is 64.7 Å². The topological polar surface area (TPSA) is 59.1 Å². The molecular weight excluding hydrogens is 304 g/mol. The Morgan fingerprint density at radius 1 is 1.21 bits per heavy atom. The maximum Gasteiger partial charge on any atom is 0.317 e. The monoisotopic (exact) mass is 340 g/mol. The highest BCUT2D eigenvalue weighted by Gasteiger charge is 2.33. The lowest BCUT2D eigenvalue weighted by Crippen LogP contribution is -2.50. The minimum Gasteiger partial charge on any atom is -0.396 e. The lowest BCUT2D eigenvalue weighted by atomic mass is 9.77. The molecule has 2 aliphatic heterocycles. The van der Waals surface area contributed by atoms with E-state index in [0.717, 1.165) is 58.5 Å². The van der Waals surface area contributed by atoms with E-state index in [4.69, 9.17) is 0 Å². The van der Waals surface area contributed by atoms with Gasteiger partial charge in [-0.1, -0.05) is 6.92 Å². The Labute approximate surface area is 147 Å². The fourth-order valence-electron chi connectivity index (χ4n) is 3.90. The summed E-state index contributed by atoms with van der Waals surface area (Å²) in [6.07, 6.45) is 5.24. The molecule has 6 heteroatoms. The number of likely N-dealkylation sites (tertiary alicyclic amines) is 2. The molecule has 0 aliphatic carbocycles. The second-order valence-electron chi connectivity index (χ2n) is 7.77. The third-order valence-corrected chi connectivity index (χ3v) is 6.19. The van der Waals surface area contributed by atoms with Crippen molar-refractivity contribution in [1.29, 1.82) is 0 Å². The molecule has 2 rings (SSSR count). The van der Waals surface area contributed by atoms with Crippen LogP contribution in [0.1, 0.15) is 39.0 Å². The zero-order valence-corrected chi connectivity index (χ0v) is 15.8. The number of carbonyl (C=O) groups excluding carboxylic acids is 1. The Kier molecular flexibility index (Phi) is 7.32. The Balaban J connectivity index is 1.62. The van der Waals surface area contributed by atoms with Gasteiger partial charge in [-0.25, -0.2) is 4.79 Å². The third kappa shape index (κ3) is 5.07. The van der Waals surface area contributed by atoms with Crippen LogP contribution in [-0.2, 0) is 0 Å². The largest absolute Gasteiger partial charge is 0.396 e. The molecule has 2 amide bonds. The van der Waals surface area contributed by atoms with E-state index < -0.39 is 0 Å². The summed E-state index contributed by atoms with van der Waals surface area (Å²) in [4.78, 5) is 19.0. The van der Waals surface area contributed by atoms with Gasteiger partial charge in [0.25, 0.3) is 0 Å². The number of hydrogen-bond acceptors (Lipinski definition) is 4. The van der Waals surface area contributed by atoms with Crippen LogP contribution in [0.15, 0.2) is 0 Å². The van der Waals surface area contributed by atoms with Crippen LogP contribution in [0, 0.1) is 5.41 Å². The van der Waals surface area contributed by atoms with E-state index in [1.54, 1.807) is 0 Å². The molecule has 140 valence electrons. The Morgan fingerprint density at radius 3 is 2.33 bits per heavy atom. The van der Waals surface area contributed by atoms with Crippen molar-refractivity contribution in [3.8, 4) is 0 Å². The summed E-state index contributed by atoms with van der Waals surface area (Å²) in [5.74, 6) is 0. The van der Waals surface area contributed by atoms with Crippen molar-refractivity contribution in [2.45, 2.75) is 45.1 Å². The normalized spacial score (nSPS) is 22.8. The summed E-state index contributed by atoms with van der Waals surface area (Å²) in [5.41, 5.74) is 0.0353. The molecule has 2 N–H and O–H groups in total. The molecule has 0 aromatic rings. The van der Waals surface area contributed by atoms with Crippen LogP contribution in [0.5, 0.6) is 0 Å². The van der Waals surface area contributed by atoms with Crippen molar-refractivity contribution < 1.29 is 9.90 Å². The van der Waals surface area contributed by atoms with Gasteiger partial charge in [-0.3, -0.25) is 0 Å². The number of amides is 2. The van der Waals surface area contributed by atoms with Crippen molar-refractivity contribution in [3.63, 3.8) is 0 Å². The van der Waals surface area contributed by atoms with E-state index in [2.05, 4.69) is 36.1 Å². The minimum absolute atomic E-state index is 0.0353. The maximum atomic E-state index is 12.3. The van der Waals surface area contributed by atoms with Crippen LogP contribution < -0.4 is 5.32 Å². The van der Waals surface area contributed by atoms with Crippen molar-refractivity contribution in [1.82, 2.24) is 20.0 Å². The smallest absolute Gasteiger partial charge is 0.317 e. The van der Waals surface area contributed by atoms with Crippen LogP contribution in [0.25, 0.3) is 0 Å². The molecule has 0 aromatic heterocycles. The van der Waals surface area contributed by atoms with Crippen molar-refractivity contribution in [2.24, 2.45) is 5.41 Å². The number of aliphatic hydroxyl groups is 1. The first-order valence-corrected chi connectivity index (χ1v) is 9.52. The van der Waals surface area contributed by atoms with Gasteiger partial charge in [0.1, 0.15) is 0 Å². The summed E-state index contributed by atoms with van der Waals surface area (Å²) in [6, 6.07) is 0.760. The summed E-state index contributed by atoms with van der Waals surface area (Å²) < 4.78 is 0. The highest BCUT2D eigenvalue weighted by atomic mass is 16.3. The van der Waals surface area contributed by atoms with Crippen molar-refractivity contribution in [3.05, 3.63) is 0 Å². The highest BCUT2D eigenvalue weighted by Crippen LogP contribution is 2.34. The van der Waals surface area contributed by atoms with Crippen molar-refractivity contribution in [2.75, 3.05) is 60.0 Å². The molecule has 2 heterocycles. The molecular formula is C18H36N4O2. The molecule has 0 unspecified atom stereocenters. The standard InChI is InChI=1S/C18H36N4O2/c1-4-18(15-23)7-12-22(13-8-18)17(24)19-9-14-21-10-5-16(6-11-21)20(2)3/h16,23H,4-15H2,1-3H3,(H,19,24). The van der Waals surface area contributed by atoms with Crippen LogP contribution in [-0.4, -0.2) is 91.8 Å². The van der Waals surface area contributed by atoms with E-state index in [1.165, 1.54) is 12.8 Å². The third-order valence-electron chi connectivity index (χ3n) is 6.19. The van der Waals surface area contributed by atoms with E-state index in [0.29, 0.717) is 6.04 Å². The summed E-state index contributed by atoms with van der Waals surface area (Å²) in [6.45, 7) is 7.79. The maximum absolute atomic E-state index is 12.3. The number of nitrogens with zero attached hydrogens (tertiary/aromatic N) is 3. The molecule has 0 atom stereocenters. The lowest BCUT2D eigenvalue weighted by molar-refractivity contribution is 0.0518. The average molecular weight is 341 g/mol. The summed E-state index contributed by atoms with van der Waals surface area (Å²) in [7, 11) is 4.31. The van der Waals surface area contributed by atoms with Gasteiger partial charge in [-0.2, -0.15) is 0 Å². The second-order valence-corrected chi connectivity index (χ2v) is 7.77. The van der Waals surface area contributed by atoms with Gasteiger partial charge in [0, 0.05) is 38.8 Å². The number of nitrogens with one attached hydrogen (secondary N) is 1. The van der Waals surface area contributed by atoms with E-state index in [9.17, 15) is 9.90 Å². The average Bonchev–Trinajstić information content (AvgIpc) is 2.62. The highest BCUT2D eigenvalue weighted by molar-refractivity contribution is 5.74. The molecule has 2 aliphatic rings. The SMILES string of the molecule is CCC1(CO)CCN(C(=O)NCCN2CCC(N(C)C)CC2)CC1. The Bertz CT molecular complexity index is 380. The zero-order valence-electron chi connectivity index (χ0n) is 15.8. The number of aliphatic hydroxyl groups excluding tert-OH is 1. The molecule has 2 saturated heterocycles. The summed E-state index contributed by atoms with van der Waals surface area (Å²) in [5, 5.41) is 12.6. The van der Waals surface area contributed by atoms with Gasteiger partial charge < -0.3 is 25.1 Å². The van der Waals surface area contributed by atoms with Crippen LogP contribution >= 0.6 is 0 Å². The predicted octanol–water partition coefficient (Wildman–Crippen LogP) is 1.21. The molecule has 2 fully saturated rings. The Morgan fingerprint density at radius 2 is 1.83 bits per heavy atom. The first-order valence-electron chi connectivity index (χ1n) is 9.52. The first kappa shape index (κ1) is 19.5. The van der Waals surface area contributed by atoms with Crippen LogP contribution in [0.2, 0.25) is 0 Å². The van der Waals surface area contributed by atoms with Gasteiger partial charge in [0.05, 0.1) is 0 Å². The van der Waals surface area contributed by atoms with E-state index in [-0.39, 0.29) is 18.1 Å². The number of carbonyl (C=O) groups is 1. The van der Waals surface area contributed by atoms with E-state index in [1.807, 2.05) is 4.90 Å². The molecule has 0 bridgehead atoms. The number of urea groups is 1. The number of piperidine rings is 2. The molecule has 0 spiro atoms. The van der Waals surface area contributed by atoms with Gasteiger partial charge in [0.15, 0.2) is 0 Å². The van der Waals surface area contributed by atoms with Gasteiger partial charge in [0.2, 0.25) is 0 Å². The minimum atomic E-state index is 0.0353. The quantitative estimate of drug-likeness (QED) is 0.763. The predicted molar refractivity (Wildman–Crippen MR) is 97.2 cm³/mol. The molecule has 0 radical (unpaired) electrons. The molecule has 0 aromatic carbocycles. The second kappa shape index (κ2) is 9.02. The molecule has 24 heavy (non-hydrogen) atoms. The first-order chi connectivity index (χ1) is 11.5. The number of rotatable bonds is 6. The fraction of sp³-hybridized carbons (Fsp3) is 0.944. The summed E-state index contributed by atoms with van der Waals surface area (Å²) >= 11 is 0. The molecule has 0 saturated carbocycles. The number of hydrogen-bond donors (Lipinski definition) is 2. The van der Waals surface area contributed by atoms with Crippen LogP contribution in [0.4, 0.5) is 4.79 Å². The van der Waals surface area contributed by atoms with E-state index >= 15 is 0 Å². The zero-order chi connectivity index (χ0) is 17.6. The Hall–Kier alpha value is -0.850. The molecule has 6 nitrogen and oxygen atoms in total.